The molecule has 0 aromatic carbocycles. The minimum Gasteiger partial charge on any atom is -0.444 e. The van der Waals surface area contributed by atoms with E-state index >= 15 is 0 Å². The molecule has 0 aromatic heterocycles. The summed E-state index contributed by atoms with van der Waals surface area (Å²) in [6, 6.07) is 0.403. The zero-order valence-corrected chi connectivity index (χ0v) is 18.2. The molecule has 0 fully saturated rings. The topological polar surface area (TPSA) is 66.0 Å². The molecule has 0 heterocycles. The number of aliphatic imine (C=N–C) groups is 1. The van der Waals surface area contributed by atoms with E-state index in [0.29, 0.717) is 12.6 Å². The summed E-state index contributed by atoms with van der Waals surface area (Å²) >= 11 is 0. The number of rotatable bonds is 6. The first kappa shape index (κ1) is 24.5. The van der Waals surface area contributed by atoms with E-state index in [9.17, 15) is 4.79 Å². The molecule has 0 aliphatic rings. The van der Waals surface area contributed by atoms with Crippen LogP contribution in [0, 0.1) is 0 Å². The third-order valence-electron chi connectivity index (χ3n) is 2.93. The van der Waals surface area contributed by atoms with Crippen molar-refractivity contribution in [1.29, 1.82) is 0 Å². The Morgan fingerprint density at radius 3 is 2.26 bits per heavy atom. The second-order valence-electron chi connectivity index (χ2n) is 6.79. The molecule has 23 heavy (non-hydrogen) atoms. The Kier molecular flexibility index (Phi) is 12.5. The summed E-state index contributed by atoms with van der Waals surface area (Å²) in [5.41, 5.74) is -0.470. The number of hydrogen-bond acceptors (Lipinski definition) is 3. The zero-order valence-electron chi connectivity index (χ0n) is 15.9. The van der Waals surface area contributed by atoms with E-state index in [4.69, 9.17) is 4.74 Å². The van der Waals surface area contributed by atoms with Gasteiger partial charge in [-0.2, -0.15) is 0 Å². The fourth-order valence-corrected chi connectivity index (χ4v) is 1.66. The van der Waals surface area contributed by atoms with Gasteiger partial charge >= 0.3 is 6.09 Å². The van der Waals surface area contributed by atoms with E-state index in [2.05, 4.69) is 29.5 Å². The van der Waals surface area contributed by atoms with Crippen molar-refractivity contribution in [1.82, 2.24) is 15.5 Å². The van der Waals surface area contributed by atoms with E-state index in [1.807, 2.05) is 34.6 Å². The standard InChI is InChI=1S/C16H34N4O2.HI/c1-9-17-14(19-12(2)3)18-11-10-13(4)20(8)15(21)22-16(5,6)7;/h12-13H,9-11H2,1-8H3,(H2,17,18,19);1H. The Morgan fingerprint density at radius 2 is 1.83 bits per heavy atom. The van der Waals surface area contributed by atoms with Gasteiger partial charge < -0.3 is 20.3 Å². The first-order valence-electron chi connectivity index (χ1n) is 8.07. The van der Waals surface area contributed by atoms with Gasteiger partial charge in [-0.05, 0) is 54.9 Å². The molecule has 0 aliphatic carbocycles. The summed E-state index contributed by atoms with van der Waals surface area (Å²) in [4.78, 5) is 18.1. The van der Waals surface area contributed by atoms with Gasteiger partial charge in [0, 0.05) is 32.2 Å². The van der Waals surface area contributed by atoms with Crippen molar-refractivity contribution in [3.05, 3.63) is 0 Å². The van der Waals surface area contributed by atoms with Gasteiger partial charge in [0.15, 0.2) is 5.96 Å². The van der Waals surface area contributed by atoms with Crippen LogP contribution in [-0.2, 0) is 4.74 Å². The maximum Gasteiger partial charge on any atom is 0.410 e. The van der Waals surface area contributed by atoms with Gasteiger partial charge in [0.2, 0.25) is 0 Å². The first-order valence-corrected chi connectivity index (χ1v) is 8.07. The van der Waals surface area contributed by atoms with Crippen LogP contribution >= 0.6 is 24.0 Å². The highest BCUT2D eigenvalue weighted by atomic mass is 127. The van der Waals surface area contributed by atoms with Crippen molar-refractivity contribution in [3.8, 4) is 0 Å². The Morgan fingerprint density at radius 1 is 1.26 bits per heavy atom. The predicted molar refractivity (Wildman–Crippen MR) is 108 cm³/mol. The minimum absolute atomic E-state index is 0. The van der Waals surface area contributed by atoms with Gasteiger partial charge in [0.25, 0.3) is 0 Å². The zero-order chi connectivity index (χ0) is 17.3. The Balaban J connectivity index is 0. The van der Waals surface area contributed by atoms with Gasteiger partial charge in [-0.25, -0.2) is 4.79 Å². The van der Waals surface area contributed by atoms with Crippen LogP contribution in [0.3, 0.4) is 0 Å². The van der Waals surface area contributed by atoms with Crippen molar-refractivity contribution < 1.29 is 9.53 Å². The second-order valence-corrected chi connectivity index (χ2v) is 6.79. The maximum absolute atomic E-state index is 12.0. The Hall–Kier alpha value is -0.730. The van der Waals surface area contributed by atoms with Crippen molar-refractivity contribution >= 4 is 36.0 Å². The smallest absolute Gasteiger partial charge is 0.410 e. The van der Waals surface area contributed by atoms with E-state index in [1.165, 1.54) is 0 Å². The first-order chi connectivity index (χ1) is 10.1. The van der Waals surface area contributed by atoms with Crippen LogP contribution in [0.4, 0.5) is 4.79 Å². The number of ether oxygens (including phenoxy) is 1. The van der Waals surface area contributed by atoms with Crippen LogP contribution < -0.4 is 10.6 Å². The highest BCUT2D eigenvalue weighted by Crippen LogP contribution is 2.11. The molecule has 6 nitrogen and oxygen atoms in total. The monoisotopic (exact) mass is 442 g/mol. The summed E-state index contributed by atoms with van der Waals surface area (Å²) in [6.45, 7) is 15.3. The molecule has 2 N–H and O–H groups in total. The normalized spacial score (nSPS) is 13.2. The van der Waals surface area contributed by atoms with Crippen LogP contribution in [0.25, 0.3) is 0 Å². The summed E-state index contributed by atoms with van der Waals surface area (Å²) in [5, 5.41) is 6.48. The van der Waals surface area contributed by atoms with E-state index in [1.54, 1.807) is 11.9 Å². The van der Waals surface area contributed by atoms with Crippen LogP contribution in [0.15, 0.2) is 4.99 Å². The van der Waals surface area contributed by atoms with Crippen molar-refractivity contribution in [2.45, 2.75) is 72.6 Å². The lowest BCUT2D eigenvalue weighted by atomic mass is 10.2. The molecule has 1 atom stereocenters. The van der Waals surface area contributed by atoms with E-state index in [0.717, 1.165) is 18.9 Å². The fraction of sp³-hybridized carbons (Fsp3) is 0.875. The minimum atomic E-state index is -0.470. The van der Waals surface area contributed by atoms with Crippen LogP contribution in [-0.4, -0.2) is 54.8 Å². The average molecular weight is 442 g/mol. The number of nitrogens with one attached hydrogen (secondary N) is 2. The maximum atomic E-state index is 12.0. The summed E-state index contributed by atoms with van der Waals surface area (Å²) in [6.07, 6.45) is 0.487. The number of hydrogen-bond donors (Lipinski definition) is 2. The van der Waals surface area contributed by atoms with Gasteiger partial charge in [0.1, 0.15) is 5.60 Å². The van der Waals surface area contributed by atoms with Gasteiger partial charge in [-0.3, -0.25) is 4.99 Å². The van der Waals surface area contributed by atoms with Crippen LogP contribution in [0.5, 0.6) is 0 Å². The molecule has 1 unspecified atom stereocenters. The van der Waals surface area contributed by atoms with Crippen molar-refractivity contribution in [2.24, 2.45) is 4.99 Å². The summed E-state index contributed by atoms with van der Waals surface area (Å²) < 4.78 is 5.37. The van der Waals surface area contributed by atoms with Gasteiger partial charge in [0.05, 0.1) is 0 Å². The molecular formula is C16H35IN4O2. The lowest BCUT2D eigenvalue weighted by Gasteiger charge is -2.28. The third kappa shape index (κ3) is 12.4. The largest absolute Gasteiger partial charge is 0.444 e. The quantitative estimate of drug-likeness (QED) is 0.377. The SMILES string of the molecule is CCNC(=NCCC(C)N(C)C(=O)OC(C)(C)C)NC(C)C.I. The molecule has 1 amide bonds. The highest BCUT2D eigenvalue weighted by Gasteiger charge is 2.22. The van der Waals surface area contributed by atoms with E-state index in [-0.39, 0.29) is 36.1 Å². The molecule has 0 radical (unpaired) electrons. The Labute approximate surface area is 158 Å². The number of guanidine groups is 1. The number of carbonyl (C=O) groups excluding carboxylic acids is 1. The summed E-state index contributed by atoms with van der Waals surface area (Å²) in [5.74, 6) is 0.810. The van der Waals surface area contributed by atoms with Crippen molar-refractivity contribution in [2.75, 3.05) is 20.1 Å². The Bertz CT molecular complexity index is 368. The highest BCUT2D eigenvalue weighted by molar-refractivity contribution is 14.0. The molecule has 0 aliphatic heterocycles. The number of carbonyl (C=O) groups is 1. The van der Waals surface area contributed by atoms with Crippen LogP contribution in [0.2, 0.25) is 0 Å². The molecule has 7 heteroatoms. The lowest BCUT2D eigenvalue weighted by molar-refractivity contribution is 0.0231. The lowest BCUT2D eigenvalue weighted by Crippen LogP contribution is -2.42. The van der Waals surface area contributed by atoms with Crippen molar-refractivity contribution in [3.63, 3.8) is 0 Å². The molecular weight excluding hydrogens is 407 g/mol. The molecule has 138 valence electrons. The molecule has 0 rings (SSSR count). The molecule has 0 saturated heterocycles. The van der Waals surface area contributed by atoms with E-state index < -0.39 is 5.60 Å². The second kappa shape index (κ2) is 11.8. The fourth-order valence-electron chi connectivity index (χ4n) is 1.66. The predicted octanol–water partition coefficient (Wildman–Crippen LogP) is 3.21. The number of nitrogens with zero attached hydrogens (tertiary/aromatic N) is 2. The average Bonchev–Trinajstić information content (AvgIpc) is 2.35. The molecule has 0 spiro atoms. The molecule has 0 bridgehead atoms. The summed E-state index contributed by atoms with van der Waals surface area (Å²) in [7, 11) is 1.76. The van der Waals surface area contributed by atoms with Crippen LogP contribution in [0.1, 0.15) is 54.9 Å². The third-order valence-corrected chi connectivity index (χ3v) is 2.93. The molecule has 0 saturated carbocycles. The number of amides is 1. The molecule has 0 aromatic rings. The number of halogens is 1. The van der Waals surface area contributed by atoms with Gasteiger partial charge in [-0.1, -0.05) is 0 Å². The van der Waals surface area contributed by atoms with Gasteiger partial charge in [-0.15, -0.1) is 24.0 Å².